The van der Waals surface area contributed by atoms with Crippen LogP contribution >= 0.6 is 54.5 Å². The molecule has 0 saturated heterocycles. The molecule has 0 aromatic carbocycles. The summed E-state index contributed by atoms with van der Waals surface area (Å²) in [4.78, 5) is 1.50. The predicted molar refractivity (Wildman–Crippen MR) is 52.5 cm³/mol. The molecule has 1 aliphatic rings. The molecule has 0 aromatic heterocycles. The van der Waals surface area contributed by atoms with E-state index in [4.69, 9.17) is 0 Å². The van der Waals surface area contributed by atoms with Gasteiger partial charge in [0.1, 0.15) is 0 Å². The molecule has 1 rings (SSSR count). The average molecular weight is 354 g/mol. The average Bonchev–Trinajstić information content (AvgIpc) is 1.85. The van der Waals surface area contributed by atoms with Gasteiger partial charge in [0.25, 0.3) is 0 Å². The number of halogens is 3. The van der Waals surface area contributed by atoms with E-state index in [-0.39, 0.29) is 0 Å². The highest BCUT2D eigenvalue weighted by molar-refractivity contribution is 14.1. The minimum Gasteiger partial charge on any atom is -0.0890 e. The third-order valence-corrected chi connectivity index (χ3v) is 5.48. The first kappa shape index (κ1) is 7.79. The molecule has 3 atom stereocenters. The summed E-state index contributed by atoms with van der Waals surface area (Å²) in [6.45, 7) is 0. The van der Waals surface area contributed by atoms with Gasteiger partial charge in [-0.25, -0.2) is 0 Å². The van der Waals surface area contributed by atoms with E-state index in [2.05, 4.69) is 54.5 Å². The van der Waals surface area contributed by atoms with E-state index in [1.165, 1.54) is 12.8 Å². The minimum absolute atomic E-state index is 0.743. The van der Waals surface area contributed by atoms with E-state index in [0.717, 1.165) is 13.6 Å². The van der Waals surface area contributed by atoms with Crippen LogP contribution in [0.4, 0.5) is 0 Å². The summed E-state index contributed by atoms with van der Waals surface area (Å²) in [7, 11) is 0. The Labute approximate surface area is 80.2 Å². The zero-order valence-corrected chi connectivity index (χ0v) is 9.61. The van der Waals surface area contributed by atoms with Crippen molar-refractivity contribution < 1.29 is 0 Å². The normalized spacial score (nSPS) is 47.6. The van der Waals surface area contributed by atoms with Gasteiger partial charge in [-0.15, -0.1) is 0 Å². The molecule has 1 saturated carbocycles. The van der Waals surface area contributed by atoms with E-state index in [1.807, 2.05) is 0 Å². The van der Waals surface area contributed by atoms with Crippen molar-refractivity contribution in [1.82, 2.24) is 0 Å². The van der Waals surface area contributed by atoms with Crippen LogP contribution in [0.3, 0.4) is 0 Å². The Morgan fingerprint density at radius 3 is 2.00 bits per heavy atom. The highest BCUT2D eigenvalue weighted by Gasteiger charge is 2.28. The summed E-state index contributed by atoms with van der Waals surface area (Å²) in [6, 6.07) is 0. The molecule has 0 radical (unpaired) electrons. The lowest BCUT2D eigenvalue weighted by Crippen LogP contribution is -2.01. The van der Waals surface area contributed by atoms with Gasteiger partial charge in [-0.3, -0.25) is 0 Å². The van der Waals surface area contributed by atoms with Crippen LogP contribution in [0.25, 0.3) is 0 Å². The first-order valence-corrected chi connectivity index (χ1v) is 5.70. The molecule has 0 bridgehead atoms. The van der Waals surface area contributed by atoms with Gasteiger partial charge in [-0.1, -0.05) is 54.5 Å². The maximum Gasteiger partial charge on any atom is 0.0274 e. The van der Waals surface area contributed by atoms with Crippen molar-refractivity contribution in [2.75, 3.05) is 0 Å². The van der Waals surface area contributed by atoms with Gasteiger partial charge < -0.3 is 0 Å². The van der Waals surface area contributed by atoms with Gasteiger partial charge in [0.2, 0.25) is 0 Å². The molecule has 8 heavy (non-hydrogen) atoms. The smallest absolute Gasteiger partial charge is 0.0274 e. The molecule has 0 aromatic rings. The van der Waals surface area contributed by atoms with Crippen LogP contribution in [0.1, 0.15) is 12.8 Å². The van der Waals surface area contributed by atoms with Crippen molar-refractivity contribution in [2.45, 2.75) is 26.4 Å². The fraction of sp³-hybridized carbons (Fsp3) is 1.00. The van der Waals surface area contributed by atoms with Crippen molar-refractivity contribution >= 4 is 54.5 Å². The minimum atomic E-state index is 0.743. The fourth-order valence-corrected chi connectivity index (χ4v) is 4.46. The lowest BCUT2D eigenvalue weighted by molar-refractivity contribution is 0.935. The summed E-state index contributed by atoms with van der Waals surface area (Å²) >= 11 is 9.69. The molecule has 3 unspecified atom stereocenters. The summed E-state index contributed by atoms with van der Waals surface area (Å²) < 4.78 is 0.831. The topological polar surface area (TPSA) is 0 Å². The molecule has 0 heterocycles. The first-order chi connectivity index (χ1) is 3.70. The predicted octanol–water partition coefficient (Wildman–Crippen LogP) is 3.11. The third-order valence-electron chi connectivity index (χ3n) is 1.35. The Morgan fingerprint density at radius 1 is 1.25 bits per heavy atom. The largest absolute Gasteiger partial charge is 0.0890 e. The second kappa shape index (κ2) is 3.19. The molecular weight excluding hydrogens is 347 g/mol. The van der Waals surface area contributed by atoms with Crippen molar-refractivity contribution in [3.63, 3.8) is 0 Å². The summed E-state index contributed by atoms with van der Waals surface area (Å²) in [6.07, 6.45) is 2.60. The van der Waals surface area contributed by atoms with Crippen molar-refractivity contribution in [3.05, 3.63) is 0 Å². The third kappa shape index (κ3) is 1.84. The van der Waals surface area contributed by atoms with Gasteiger partial charge >= 0.3 is 0 Å². The van der Waals surface area contributed by atoms with Crippen molar-refractivity contribution in [1.29, 1.82) is 0 Å². The summed E-state index contributed by atoms with van der Waals surface area (Å²) in [5.41, 5.74) is 0. The SMILES string of the molecule is BrC1CC(Br)C(I)C1. The standard InChI is InChI=1S/C5H7Br2I/c6-3-1-4(7)5(8)2-3/h3-5H,1-2H2. The molecule has 48 valence electrons. The van der Waals surface area contributed by atoms with E-state index >= 15 is 0 Å². The van der Waals surface area contributed by atoms with Crippen LogP contribution in [-0.4, -0.2) is 13.6 Å². The monoisotopic (exact) mass is 352 g/mol. The molecule has 0 spiro atoms. The summed E-state index contributed by atoms with van der Waals surface area (Å²) in [5, 5.41) is 0. The quantitative estimate of drug-likeness (QED) is 0.464. The molecule has 1 fully saturated rings. The van der Waals surface area contributed by atoms with Gasteiger partial charge in [-0.2, -0.15) is 0 Å². The first-order valence-electron chi connectivity index (χ1n) is 2.62. The highest BCUT2D eigenvalue weighted by Crippen LogP contribution is 2.35. The molecule has 3 heteroatoms. The van der Waals surface area contributed by atoms with E-state index in [9.17, 15) is 0 Å². The van der Waals surface area contributed by atoms with Gasteiger partial charge in [0.15, 0.2) is 0 Å². The van der Waals surface area contributed by atoms with Crippen molar-refractivity contribution in [2.24, 2.45) is 0 Å². The maximum atomic E-state index is 3.61. The fourth-order valence-electron chi connectivity index (χ4n) is 0.880. The van der Waals surface area contributed by atoms with E-state index in [0.29, 0.717) is 0 Å². The Kier molecular flexibility index (Phi) is 3.11. The lowest BCUT2D eigenvalue weighted by Gasteiger charge is -2.00. The van der Waals surface area contributed by atoms with Crippen LogP contribution in [0.5, 0.6) is 0 Å². The Hall–Kier alpha value is 1.69. The van der Waals surface area contributed by atoms with Crippen LogP contribution in [0.15, 0.2) is 0 Å². The van der Waals surface area contributed by atoms with Crippen LogP contribution in [0.2, 0.25) is 0 Å². The number of hydrogen-bond acceptors (Lipinski definition) is 0. The second-order valence-electron chi connectivity index (χ2n) is 2.10. The van der Waals surface area contributed by atoms with Gasteiger partial charge in [0.05, 0.1) is 0 Å². The van der Waals surface area contributed by atoms with E-state index in [1.54, 1.807) is 0 Å². The van der Waals surface area contributed by atoms with E-state index < -0.39 is 0 Å². The Balaban J connectivity index is 2.39. The van der Waals surface area contributed by atoms with Crippen LogP contribution < -0.4 is 0 Å². The second-order valence-corrected chi connectivity index (χ2v) is 6.17. The summed E-state index contributed by atoms with van der Waals surface area (Å²) in [5.74, 6) is 0. The molecule has 0 nitrogen and oxygen atoms in total. The molecule has 0 amide bonds. The Morgan fingerprint density at radius 2 is 1.88 bits per heavy atom. The van der Waals surface area contributed by atoms with Crippen LogP contribution in [0, 0.1) is 0 Å². The number of alkyl halides is 3. The number of hydrogen-bond donors (Lipinski definition) is 0. The van der Waals surface area contributed by atoms with Gasteiger partial charge in [-0.05, 0) is 12.8 Å². The zero-order valence-electron chi connectivity index (χ0n) is 4.28. The number of rotatable bonds is 0. The molecule has 0 N–H and O–H groups in total. The van der Waals surface area contributed by atoms with Crippen LogP contribution in [-0.2, 0) is 0 Å². The maximum absolute atomic E-state index is 3.61. The highest BCUT2D eigenvalue weighted by atomic mass is 127. The molecule has 0 aliphatic heterocycles. The lowest BCUT2D eigenvalue weighted by atomic mass is 10.4. The van der Waals surface area contributed by atoms with Gasteiger partial charge in [0, 0.05) is 13.6 Å². The zero-order chi connectivity index (χ0) is 6.15. The molecular formula is C5H7Br2I. The van der Waals surface area contributed by atoms with Crippen molar-refractivity contribution in [3.8, 4) is 0 Å². The molecule has 1 aliphatic carbocycles. The Bertz CT molecular complexity index is 76.5.